The summed E-state index contributed by atoms with van der Waals surface area (Å²) in [6.07, 6.45) is 4.56. The Balaban J connectivity index is 1.57. The Hall–Kier alpha value is -2.86. The number of aliphatic hydroxyl groups is 2. The molecule has 1 aliphatic carbocycles. The van der Waals surface area contributed by atoms with Gasteiger partial charge in [0.05, 0.1) is 16.3 Å². The van der Waals surface area contributed by atoms with Gasteiger partial charge < -0.3 is 15.5 Å². The van der Waals surface area contributed by atoms with Crippen LogP contribution in [0.3, 0.4) is 0 Å². The third kappa shape index (κ3) is 4.62. The molecule has 3 aromatic rings. The zero-order valence-electron chi connectivity index (χ0n) is 17.9. The van der Waals surface area contributed by atoms with E-state index >= 15 is 0 Å². The van der Waals surface area contributed by atoms with Gasteiger partial charge in [0.2, 0.25) is 0 Å². The molecule has 0 radical (unpaired) electrons. The van der Waals surface area contributed by atoms with Gasteiger partial charge in [-0.1, -0.05) is 24.6 Å². The van der Waals surface area contributed by atoms with Crippen LogP contribution < -0.4 is 10.0 Å². The van der Waals surface area contributed by atoms with Crippen LogP contribution in [0.15, 0.2) is 47.6 Å². The summed E-state index contributed by atoms with van der Waals surface area (Å²) in [5.74, 6) is 0.161. The minimum absolute atomic E-state index is 0.0212. The van der Waals surface area contributed by atoms with Gasteiger partial charge in [-0.05, 0) is 77.9 Å². The number of nitrogens with one attached hydrogen (secondary N) is 2. The highest BCUT2D eigenvalue weighted by Crippen LogP contribution is 2.44. The number of anilines is 1. The number of sulfonamides is 1. The normalized spacial score (nSPS) is 19.1. The van der Waals surface area contributed by atoms with Gasteiger partial charge in [-0.3, -0.25) is 4.72 Å². The molecule has 0 spiro atoms. The smallest absolute Gasteiger partial charge is 0.262 e. The molecule has 1 saturated heterocycles. The van der Waals surface area contributed by atoms with Gasteiger partial charge in [0.15, 0.2) is 6.29 Å². The van der Waals surface area contributed by atoms with Crippen molar-refractivity contribution in [1.82, 2.24) is 25.5 Å². The zero-order chi connectivity index (χ0) is 23.0. The van der Waals surface area contributed by atoms with Crippen LogP contribution in [0.25, 0.3) is 5.69 Å². The number of tetrazole rings is 1. The largest absolute Gasteiger partial charge is 0.364 e. The molecule has 1 aromatic heterocycles. The molecule has 1 unspecified atom stereocenters. The molecule has 2 fully saturated rings. The summed E-state index contributed by atoms with van der Waals surface area (Å²) < 4.78 is 31.5. The summed E-state index contributed by atoms with van der Waals surface area (Å²) in [5.41, 5.74) is 2.75. The number of aromatic nitrogens is 4. The van der Waals surface area contributed by atoms with Gasteiger partial charge in [-0.25, -0.2) is 13.1 Å². The summed E-state index contributed by atoms with van der Waals surface area (Å²) in [6.45, 7) is 0.869. The van der Waals surface area contributed by atoms with Gasteiger partial charge in [-0.15, -0.1) is 5.10 Å². The fraction of sp³-hybridized carbons (Fsp3) is 0.409. The summed E-state index contributed by atoms with van der Waals surface area (Å²) in [6, 6.07) is 10.1. The van der Waals surface area contributed by atoms with Gasteiger partial charge in [-0.2, -0.15) is 0 Å². The Labute approximate surface area is 191 Å². The van der Waals surface area contributed by atoms with Crippen molar-refractivity contribution in [3.63, 3.8) is 0 Å². The topological polar surface area (TPSA) is 142 Å². The first-order valence-electron chi connectivity index (χ1n) is 11.1. The number of aliphatic hydroxyl groups excluding tert-OH is 1. The highest BCUT2D eigenvalue weighted by Gasteiger charge is 2.32. The molecular formula is C22H26N6O4S. The Kier molecular flexibility index (Phi) is 5.87. The van der Waals surface area contributed by atoms with Gasteiger partial charge in [0, 0.05) is 11.6 Å². The Morgan fingerprint density at radius 1 is 1.06 bits per heavy atom. The van der Waals surface area contributed by atoms with Crippen LogP contribution in [0, 0.1) is 0 Å². The van der Waals surface area contributed by atoms with Crippen molar-refractivity contribution in [2.24, 2.45) is 0 Å². The van der Waals surface area contributed by atoms with Crippen molar-refractivity contribution in [3.8, 4) is 5.69 Å². The van der Waals surface area contributed by atoms with E-state index in [1.165, 1.54) is 17.1 Å². The predicted octanol–water partition coefficient (Wildman–Crippen LogP) is 2.14. The first-order valence-corrected chi connectivity index (χ1v) is 12.5. The average molecular weight is 471 g/mol. The van der Waals surface area contributed by atoms with Crippen LogP contribution in [-0.4, -0.2) is 45.4 Å². The monoisotopic (exact) mass is 470 g/mol. The van der Waals surface area contributed by atoms with Gasteiger partial charge in [0.1, 0.15) is 6.33 Å². The first kappa shape index (κ1) is 22.0. The van der Waals surface area contributed by atoms with Crippen molar-refractivity contribution in [2.75, 3.05) is 11.3 Å². The van der Waals surface area contributed by atoms with Crippen LogP contribution in [0.5, 0.6) is 0 Å². The fourth-order valence-electron chi connectivity index (χ4n) is 4.35. The number of hydrogen-bond acceptors (Lipinski definition) is 8. The Morgan fingerprint density at radius 2 is 1.88 bits per heavy atom. The van der Waals surface area contributed by atoms with Gasteiger partial charge in [0.25, 0.3) is 10.0 Å². The Morgan fingerprint density at radius 3 is 2.55 bits per heavy atom. The van der Waals surface area contributed by atoms with Crippen LogP contribution in [-0.2, 0) is 10.0 Å². The summed E-state index contributed by atoms with van der Waals surface area (Å²) in [7, 11) is -4.01. The zero-order valence-corrected chi connectivity index (χ0v) is 18.7. The highest BCUT2D eigenvalue weighted by molar-refractivity contribution is 7.92. The van der Waals surface area contributed by atoms with E-state index in [4.69, 9.17) is 0 Å². The maximum atomic E-state index is 13.6. The Bertz CT molecular complexity index is 1240. The number of rotatable bonds is 7. The molecular weight excluding hydrogens is 444 g/mol. The molecule has 174 valence electrons. The molecule has 0 amide bonds. The van der Waals surface area contributed by atoms with Crippen molar-refractivity contribution in [2.45, 2.75) is 55.2 Å². The summed E-state index contributed by atoms with van der Waals surface area (Å²) in [4.78, 5) is 0.0750. The van der Waals surface area contributed by atoms with E-state index in [0.29, 0.717) is 16.9 Å². The summed E-state index contributed by atoms with van der Waals surface area (Å²) >= 11 is 0. The molecule has 1 aliphatic heterocycles. The van der Waals surface area contributed by atoms with Gasteiger partial charge >= 0.3 is 0 Å². The molecule has 10 nitrogen and oxygen atoms in total. The minimum Gasteiger partial charge on any atom is -0.364 e. The first-order chi connectivity index (χ1) is 15.9. The van der Waals surface area contributed by atoms with E-state index in [0.717, 1.165) is 44.2 Å². The third-order valence-electron chi connectivity index (χ3n) is 6.22. The number of benzene rings is 2. The number of piperidine rings is 1. The third-order valence-corrected chi connectivity index (χ3v) is 7.64. The average Bonchev–Trinajstić information content (AvgIpc) is 3.52. The van der Waals surface area contributed by atoms with E-state index in [1.807, 2.05) is 12.1 Å². The molecule has 1 atom stereocenters. The fourth-order valence-corrected chi connectivity index (χ4v) is 5.76. The second-order valence-electron chi connectivity index (χ2n) is 8.58. The van der Waals surface area contributed by atoms with Crippen molar-refractivity contribution < 1.29 is 18.6 Å². The van der Waals surface area contributed by atoms with Crippen LogP contribution in [0.1, 0.15) is 67.0 Å². The van der Waals surface area contributed by atoms with Crippen LogP contribution >= 0.6 is 0 Å². The van der Waals surface area contributed by atoms with E-state index in [-0.39, 0.29) is 22.4 Å². The molecule has 2 aromatic carbocycles. The van der Waals surface area contributed by atoms with E-state index in [1.54, 1.807) is 18.2 Å². The molecule has 1 saturated carbocycles. The minimum atomic E-state index is -4.01. The lowest BCUT2D eigenvalue weighted by Crippen LogP contribution is -2.28. The maximum absolute atomic E-state index is 13.6. The van der Waals surface area contributed by atoms with Crippen LogP contribution in [0.4, 0.5) is 5.69 Å². The second kappa shape index (κ2) is 8.82. The van der Waals surface area contributed by atoms with E-state index in [2.05, 4.69) is 25.6 Å². The molecule has 4 N–H and O–H groups in total. The van der Waals surface area contributed by atoms with Crippen molar-refractivity contribution >= 4 is 15.7 Å². The number of nitrogens with zero attached hydrogens (tertiary/aromatic N) is 4. The quantitative estimate of drug-likeness (QED) is 0.385. The SMILES string of the molecule is O=S(=O)(Nc1cc(-n2cnnn2)ccc1C1CCCCN1)c1cc(C(O)O)ccc1C1CC1. The van der Waals surface area contributed by atoms with E-state index < -0.39 is 16.3 Å². The maximum Gasteiger partial charge on any atom is 0.262 e. The molecule has 33 heavy (non-hydrogen) atoms. The highest BCUT2D eigenvalue weighted by atomic mass is 32.2. The summed E-state index contributed by atoms with van der Waals surface area (Å²) in [5, 5.41) is 33.9. The molecule has 11 heteroatoms. The van der Waals surface area contributed by atoms with Crippen molar-refractivity contribution in [3.05, 3.63) is 59.4 Å². The van der Waals surface area contributed by atoms with E-state index in [9.17, 15) is 18.6 Å². The molecule has 5 rings (SSSR count). The molecule has 2 aliphatic rings. The lowest BCUT2D eigenvalue weighted by molar-refractivity contribution is -0.0426. The van der Waals surface area contributed by atoms with Crippen molar-refractivity contribution in [1.29, 1.82) is 0 Å². The number of hydrogen-bond donors (Lipinski definition) is 4. The molecule has 0 bridgehead atoms. The molecule has 2 heterocycles. The van der Waals surface area contributed by atoms with Crippen LogP contribution in [0.2, 0.25) is 0 Å². The lowest BCUT2D eigenvalue weighted by Gasteiger charge is -2.26. The predicted molar refractivity (Wildman–Crippen MR) is 120 cm³/mol. The standard InChI is InChI=1S/C22H26N6O4S/c29-22(30)15-6-8-17(14-4-5-14)21(11-15)33(31,32)25-20-12-16(28-13-24-26-27-28)7-9-18(20)19-3-1-2-10-23-19/h6-9,11-14,19,22-23,25,29-30H,1-5,10H2. The lowest BCUT2D eigenvalue weighted by atomic mass is 9.96. The second-order valence-corrected chi connectivity index (χ2v) is 10.2.